The van der Waals surface area contributed by atoms with E-state index in [1.54, 1.807) is 0 Å². The van der Waals surface area contributed by atoms with E-state index in [-0.39, 0.29) is 5.78 Å². The Kier molecular flexibility index (Phi) is 0.982. The third kappa shape index (κ3) is 0.561. The molecule has 0 aromatic heterocycles. The fraction of sp³-hybridized carbons (Fsp3) is 0.375. The third-order valence-electron chi connectivity index (χ3n) is 1.91. The van der Waals surface area contributed by atoms with Gasteiger partial charge in [-0.15, -0.1) is 0 Å². The van der Waals surface area contributed by atoms with Gasteiger partial charge in [-0.2, -0.15) is 0 Å². The summed E-state index contributed by atoms with van der Waals surface area (Å²) in [7, 11) is 0. The van der Waals surface area contributed by atoms with E-state index in [2.05, 4.69) is 6.58 Å². The Morgan fingerprint density at radius 1 is 1.40 bits per heavy atom. The summed E-state index contributed by atoms with van der Waals surface area (Å²) in [6, 6.07) is 0. The Hall–Kier alpha value is -1.05. The molecule has 0 unspecified atom stereocenters. The highest BCUT2D eigenvalue weighted by molar-refractivity contribution is 6.02. The molecule has 0 aromatic rings. The SMILES string of the molecule is C=C1COC2=C1C(=O)CC2. The Balaban J connectivity index is 2.45. The molecule has 0 fully saturated rings. The van der Waals surface area contributed by atoms with Crippen molar-refractivity contribution in [3.8, 4) is 0 Å². The van der Waals surface area contributed by atoms with Gasteiger partial charge in [0.2, 0.25) is 0 Å². The van der Waals surface area contributed by atoms with Gasteiger partial charge in [-0.1, -0.05) is 6.58 Å². The lowest BCUT2D eigenvalue weighted by atomic mass is 10.1. The van der Waals surface area contributed by atoms with Crippen molar-refractivity contribution in [1.82, 2.24) is 0 Å². The van der Waals surface area contributed by atoms with Crippen LogP contribution in [0.15, 0.2) is 23.5 Å². The molecule has 0 radical (unpaired) electrons. The lowest BCUT2D eigenvalue weighted by Gasteiger charge is -1.96. The summed E-state index contributed by atoms with van der Waals surface area (Å²) < 4.78 is 5.22. The molecule has 2 heteroatoms. The van der Waals surface area contributed by atoms with Gasteiger partial charge in [-0.25, -0.2) is 0 Å². The molecular weight excluding hydrogens is 128 g/mol. The first-order valence-corrected chi connectivity index (χ1v) is 3.36. The van der Waals surface area contributed by atoms with E-state index < -0.39 is 0 Å². The standard InChI is InChI=1S/C8H8O2/c1-5-4-10-7-3-2-6(9)8(5)7/h1-4H2. The molecule has 1 aliphatic heterocycles. The van der Waals surface area contributed by atoms with Gasteiger partial charge in [0, 0.05) is 12.8 Å². The van der Waals surface area contributed by atoms with E-state index in [0.29, 0.717) is 13.0 Å². The molecule has 2 nitrogen and oxygen atoms in total. The minimum absolute atomic E-state index is 0.206. The topological polar surface area (TPSA) is 26.3 Å². The lowest BCUT2D eigenvalue weighted by Crippen LogP contribution is -1.98. The fourth-order valence-electron chi connectivity index (χ4n) is 1.42. The summed E-state index contributed by atoms with van der Waals surface area (Å²) in [6.07, 6.45) is 1.40. The van der Waals surface area contributed by atoms with Crippen molar-refractivity contribution in [1.29, 1.82) is 0 Å². The number of hydrogen-bond acceptors (Lipinski definition) is 2. The zero-order valence-electron chi connectivity index (χ0n) is 5.64. The molecule has 2 rings (SSSR count). The highest BCUT2D eigenvalue weighted by Gasteiger charge is 2.30. The molecular formula is C8H8O2. The number of Topliss-reactive ketones (excluding diaryl/α,β-unsaturated/α-hetero) is 1. The second kappa shape index (κ2) is 1.72. The first kappa shape index (κ1) is 5.71. The largest absolute Gasteiger partial charge is 0.492 e. The van der Waals surface area contributed by atoms with Crippen molar-refractivity contribution in [2.75, 3.05) is 6.61 Å². The summed E-state index contributed by atoms with van der Waals surface area (Å²) in [5, 5.41) is 0. The second-order valence-corrected chi connectivity index (χ2v) is 2.61. The zero-order valence-corrected chi connectivity index (χ0v) is 5.64. The Bertz CT molecular complexity index is 224. The molecule has 1 aliphatic carbocycles. The van der Waals surface area contributed by atoms with Gasteiger partial charge in [0.25, 0.3) is 0 Å². The van der Waals surface area contributed by atoms with Crippen LogP contribution >= 0.6 is 0 Å². The number of hydrogen-bond donors (Lipinski definition) is 0. The van der Waals surface area contributed by atoms with Crippen LogP contribution in [-0.4, -0.2) is 12.4 Å². The van der Waals surface area contributed by atoms with Crippen molar-refractivity contribution in [3.63, 3.8) is 0 Å². The number of carbonyl (C=O) groups excluding carboxylic acids is 1. The van der Waals surface area contributed by atoms with Gasteiger partial charge in [0.1, 0.15) is 12.4 Å². The van der Waals surface area contributed by atoms with E-state index in [0.717, 1.165) is 23.3 Å². The maximum atomic E-state index is 11.1. The maximum absolute atomic E-state index is 11.1. The predicted octanol–water partition coefficient (Wildman–Crippen LogP) is 1.19. The smallest absolute Gasteiger partial charge is 0.167 e. The van der Waals surface area contributed by atoms with Gasteiger partial charge in [0.15, 0.2) is 5.78 Å². The summed E-state index contributed by atoms with van der Waals surface area (Å²) in [5.74, 6) is 1.08. The number of rotatable bonds is 0. The van der Waals surface area contributed by atoms with E-state index >= 15 is 0 Å². The van der Waals surface area contributed by atoms with Crippen LogP contribution in [0.3, 0.4) is 0 Å². The molecule has 0 N–H and O–H groups in total. The molecule has 1 heterocycles. The summed E-state index contributed by atoms with van der Waals surface area (Å²) in [5.41, 5.74) is 1.64. The molecule has 0 saturated heterocycles. The minimum Gasteiger partial charge on any atom is -0.492 e. The Morgan fingerprint density at radius 3 is 2.90 bits per heavy atom. The quantitative estimate of drug-likeness (QED) is 0.500. The van der Waals surface area contributed by atoms with Crippen molar-refractivity contribution >= 4 is 5.78 Å². The fourth-order valence-corrected chi connectivity index (χ4v) is 1.42. The Morgan fingerprint density at radius 2 is 2.20 bits per heavy atom. The van der Waals surface area contributed by atoms with E-state index in [1.165, 1.54) is 0 Å². The van der Waals surface area contributed by atoms with Gasteiger partial charge in [0.05, 0.1) is 5.57 Å². The monoisotopic (exact) mass is 136 g/mol. The number of carbonyl (C=O) groups is 1. The molecule has 0 saturated carbocycles. The predicted molar refractivity (Wildman–Crippen MR) is 36.4 cm³/mol. The van der Waals surface area contributed by atoms with Crippen LogP contribution in [-0.2, 0) is 9.53 Å². The molecule has 0 aromatic carbocycles. The molecule has 52 valence electrons. The molecule has 10 heavy (non-hydrogen) atoms. The first-order chi connectivity index (χ1) is 4.79. The molecule has 0 spiro atoms. The molecule has 0 bridgehead atoms. The number of ketones is 1. The summed E-state index contributed by atoms with van der Waals surface area (Å²) >= 11 is 0. The van der Waals surface area contributed by atoms with Crippen LogP contribution in [0.5, 0.6) is 0 Å². The average molecular weight is 136 g/mol. The summed E-state index contributed by atoms with van der Waals surface area (Å²) in [6.45, 7) is 4.27. The minimum atomic E-state index is 0.206. The molecule has 0 amide bonds. The van der Waals surface area contributed by atoms with Gasteiger partial charge in [-0.3, -0.25) is 4.79 Å². The Labute approximate surface area is 59.2 Å². The highest BCUT2D eigenvalue weighted by atomic mass is 16.5. The highest BCUT2D eigenvalue weighted by Crippen LogP contribution is 2.33. The average Bonchev–Trinajstić information content (AvgIpc) is 2.40. The van der Waals surface area contributed by atoms with Crippen LogP contribution < -0.4 is 0 Å². The van der Waals surface area contributed by atoms with Crippen LogP contribution in [0.4, 0.5) is 0 Å². The van der Waals surface area contributed by atoms with Crippen molar-refractivity contribution in [2.24, 2.45) is 0 Å². The van der Waals surface area contributed by atoms with E-state index in [4.69, 9.17) is 4.74 Å². The second-order valence-electron chi connectivity index (χ2n) is 2.61. The van der Waals surface area contributed by atoms with Gasteiger partial charge >= 0.3 is 0 Å². The normalized spacial score (nSPS) is 23.6. The zero-order chi connectivity index (χ0) is 7.14. The number of ether oxygens (including phenoxy) is 1. The van der Waals surface area contributed by atoms with Crippen LogP contribution in [0.1, 0.15) is 12.8 Å². The van der Waals surface area contributed by atoms with E-state index in [1.807, 2.05) is 0 Å². The van der Waals surface area contributed by atoms with Crippen molar-refractivity contribution in [2.45, 2.75) is 12.8 Å². The first-order valence-electron chi connectivity index (χ1n) is 3.36. The van der Waals surface area contributed by atoms with Gasteiger partial charge in [-0.05, 0) is 5.57 Å². The van der Waals surface area contributed by atoms with Crippen molar-refractivity contribution < 1.29 is 9.53 Å². The van der Waals surface area contributed by atoms with Crippen LogP contribution in [0.25, 0.3) is 0 Å². The van der Waals surface area contributed by atoms with Crippen molar-refractivity contribution in [3.05, 3.63) is 23.5 Å². The maximum Gasteiger partial charge on any atom is 0.167 e. The molecule has 0 atom stereocenters. The summed E-state index contributed by atoms with van der Waals surface area (Å²) in [4.78, 5) is 11.1. The van der Waals surface area contributed by atoms with Crippen LogP contribution in [0.2, 0.25) is 0 Å². The number of allylic oxidation sites excluding steroid dienone is 1. The third-order valence-corrected chi connectivity index (χ3v) is 1.91. The van der Waals surface area contributed by atoms with Crippen LogP contribution in [0, 0.1) is 0 Å². The lowest BCUT2D eigenvalue weighted by molar-refractivity contribution is -0.114. The molecule has 2 aliphatic rings. The van der Waals surface area contributed by atoms with E-state index in [9.17, 15) is 4.79 Å². The van der Waals surface area contributed by atoms with Gasteiger partial charge < -0.3 is 4.74 Å².